The fourth-order valence-corrected chi connectivity index (χ4v) is 4.13. The number of halogens is 3. The Kier molecular flexibility index (Phi) is 7.04. The summed E-state index contributed by atoms with van der Waals surface area (Å²) in [7, 11) is 1.58. The van der Waals surface area contributed by atoms with Gasteiger partial charge in [0.25, 0.3) is 5.91 Å². The molecule has 1 saturated heterocycles. The molecule has 0 radical (unpaired) electrons. The van der Waals surface area contributed by atoms with E-state index >= 15 is 0 Å². The normalized spacial score (nSPS) is 15.8. The van der Waals surface area contributed by atoms with Crippen LogP contribution in [-0.4, -0.2) is 55.7 Å². The molecule has 1 aromatic heterocycles. The number of amides is 1. The molecular formula is C25H26F3N3O3. The second kappa shape index (κ2) is 9.99. The number of ether oxygens (including phenoxy) is 2. The second-order valence-corrected chi connectivity index (χ2v) is 8.17. The van der Waals surface area contributed by atoms with E-state index in [1.54, 1.807) is 26.2 Å². The molecule has 1 atom stereocenters. The van der Waals surface area contributed by atoms with Gasteiger partial charge in [-0.2, -0.15) is 13.2 Å². The molecule has 9 heteroatoms. The highest BCUT2D eigenvalue weighted by Crippen LogP contribution is 2.31. The average Bonchev–Trinajstić information content (AvgIpc) is 2.83. The maximum atomic E-state index is 13.1. The number of pyridine rings is 1. The number of rotatable bonds is 6. The number of aryl methyl sites for hydroxylation is 1. The van der Waals surface area contributed by atoms with Gasteiger partial charge in [0.05, 0.1) is 48.7 Å². The summed E-state index contributed by atoms with van der Waals surface area (Å²) in [5.74, 6) is 0.398. The minimum Gasteiger partial charge on any atom is -0.497 e. The van der Waals surface area contributed by atoms with Gasteiger partial charge in [0.15, 0.2) is 0 Å². The zero-order valence-corrected chi connectivity index (χ0v) is 19.0. The van der Waals surface area contributed by atoms with Crippen LogP contribution in [0.25, 0.3) is 10.9 Å². The van der Waals surface area contributed by atoms with Crippen LogP contribution in [0.15, 0.2) is 48.5 Å². The predicted molar refractivity (Wildman–Crippen MR) is 122 cm³/mol. The van der Waals surface area contributed by atoms with Crippen molar-refractivity contribution in [2.45, 2.75) is 19.1 Å². The second-order valence-electron chi connectivity index (χ2n) is 8.17. The lowest BCUT2D eigenvalue weighted by atomic mass is 10.0. The van der Waals surface area contributed by atoms with Gasteiger partial charge in [0, 0.05) is 31.1 Å². The number of hydrogen-bond acceptors (Lipinski definition) is 5. The summed E-state index contributed by atoms with van der Waals surface area (Å²) in [5, 5.41) is 3.77. The molecule has 6 nitrogen and oxygen atoms in total. The van der Waals surface area contributed by atoms with Gasteiger partial charge in [-0.15, -0.1) is 0 Å². The van der Waals surface area contributed by atoms with Crippen molar-refractivity contribution >= 4 is 16.8 Å². The Labute approximate surface area is 195 Å². The number of aromatic nitrogens is 1. The van der Waals surface area contributed by atoms with Gasteiger partial charge in [-0.25, -0.2) is 0 Å². The highest BCUT2D eigenvalue weighted by atomic mass is 19.4. The fourth-order valence-electron chi connectivity index (χ4n) is 4.13. The highest BCUT2D eigenvalue weighted by Gasteiger charge is 2.31. The molecule has 0 saturated carbocycles. The van der Waals surface area contributed by atoms with E-state index < -0.39 is 11.7 Å². The van der Waals surface area contributed by atoms with Crippen molar-refractivity contribution in [3.05, 3.63) is 70.9 Å². The van der Waals surface area contributed by atoms with Crippen LogP contribution < -0.4 is 10.1 Å². The van der Waals surface area contributed by atoms with E-state index in [0.717, 1.165) is 23.0 Å². The molecule has 34 heavy (non-hydrogen) atoms. The van der Waals surface area contributed by atoms with Crippen LogP contribution in [0.1, 0.15) is 33.2 Å². The summed E-state index contributed by atoms with van der Waals surface area (Å²) in [6, 6.07) is 12.1. The van der Waals surface area contributed by atoms with Crippen molar-refractivity contribution in [2.24, 2.45) is 0 Å². The first kappa shape index (κ1) is 24.0. The minimum absolute atomic E-state index is 0.240. The number of nitrogens with one attached hydrogen (secondary N) is 1. The molecule has 1 aliphatic heterocycles. The van der Waals surface area contributed by atoms with Crippen LogP contribution in [0, 0.1) is 6.92 Å². The number of alkyl halides is 3. The number of carbonyl (C=O) groups is 1. The van der Waals surface area contributed by atoms with Gasteiger partial charge in [0.1, 0.15) is 5.75 Å². The number of methoxy groups -OCH3 is 1. The quantitative estimate of drug-likeness (QED) is 0.576. The molecule has 1 aliphatic rings. The predicted octanol–water partition coefficient (Wildman–Crippen LogP) is 4.37. The summed E-state index contributed by atoms with van der Waals surface area (Å²) < 4.78 is 49.7. The molecule has 4 rings (SSSR count). The van der Waals surface area contributed by atoms with Crippen LogP contribution in [0.5, 0.6) is 5.75 Å². The van der Waals surface area contributed by atoms with Crippen molar-refractivity contribution in [1.82, 2.24) is 15.2 Å². The first-order valence-corrected chi connectivity index (χ1v) is 11.0. The lowest BCUT2D eigenvalue weighted by Gasteiger charge is -2.35. The van der Waals surface area contributed by atoms with Crippen LogP contribution in [0.2, 0.25) is 0 Å². The Morgan fingerprint density at radius 2 is 1.85 bits per heavy atom. The molecule has 1 fully saturated rings. The summed E-state index contributed by atoms with van der Waals surface area (Å²) in [6.07, 6.45) is -4.40. The van der Waals surface area contributed by atoms with Crippen LogP contribution in [-0.2, 0) is 10.9 Å². The van der Waals surface area contributed by atoms with Crippen LogP contribution in [0.3, 0.4) is 0 Å². The third-order valence-corrected chi connectivity index (χ3v) is 6.03. The summed E-state index contributed by atoms with van der Waals surface area (Å²) >= 11 is 0. The van der Waals surface area contributed by atoms with Gasteiger partial charge in [-0.3, -0.25) is 14.7 Å². The zero-order chi connectivity index (χ0) is 24.3. The number of morpholine rings is 1. The largest absolute Gasteiger partial charge is 0.497 e. The van der Waals surface area contributed by atoms with E-state index in [1.807, 2.05) is 12.1 Å². The van der Waals surface area contributed by atoms with Crippen molar-refractivity contribution in [1.29, 1.82) is 0 Å². The lowest BCUT2D eigenvalue weighted by molar-refractivity contribution is -0.137. The van der Waals surface area contributed by atoms with E-state index in [4.69, 9.17) is 9.47 Å². The molecule has 2 aromatic carbocycles. The third-order valence-electron chi connectivity index (χ3n) is 6.03. The van der Waals surface area contributed by atoms with Crippen LogP contribution >= 0.6 is 0 Å². The first-order chi connectivity index (χ1) is 16.3. The van der Waals surface area contributed by atoms with E-state index in [9.17, 15) is 18.0 Å². The number of hydrogen-bond donors (Lipinski definition) is 1. The molecular weight excluding hydrogens is 447 g/mol. The van der Waals surface area contributed by atoms with Crippen LogP contribution in [0.4, 0.5) is 13.2 Å². The zero-order valence-electron chi connectivity index (χ0n) is 19.0. The molecule has 1 amide bonds. The van der Waals surface area contributed by atoms with E-state index in [-0.39, 0.29) is 18.5 Å². The minimum atomic E-state index is -4.40. The molecule has 0 bridgehead atoms. The summed E-state index contributed by atoms with van der Waals surface area (Å²) in [6.45, 7) is 4.32. The monoisotopic (exact) mass is 473 g/mol. The number of carbonyl (C=O) groups excluding carboxylic acids is 1. The van der Waals surface area contributed by atoms with Crippen molar-refractivity contribution in [3.8, 4) is 5.75 Å². The maximum absolute atomic E-state index is 13.1. The molecule has 1 N–H and O–H groups in total. The first-order valence-electron chi connectivity index (χ1n) is 11.0. The Hall–Kier alpha value is -3.17. The summed E-state index contributed by atoms with van der Waals surface area (Å²) in [4.78, 5) is 19.7. The molecule has 3 aromatic rings. The Bertz CT molecular complexity index is 1160. The topological polar surface area (TPSA) is 63.7 Å². The lowest BCUT2D eigenvalue weighted by Crippen LogP contribution is -2.44. The van der Waals surface area contributed by atoms with Gasteiger partial charge < -0.3 is 14.8 Å². The van der Waals surface area contributed by atoms with Crippen molar-refractivity contribution < 1.29 is 27.4 Å². The Balaban J connectivity index is 1.55. The van der Waals surface area contributed by atoms with Gasteiger partial charge in [-0.05, 0) is 42.8 Å². The van der Waals surface area contributed by atoms with E-state index in [1.165, 1.54) is 12.1 Å². The smallest absolute Gasteiger partial charge is 0.416 e. The number of benzene rings is 2. The third kappa shape index (κ3) is 5.31. The number of fused-ring (bicyclic) bond motifs is 1. The molecule has 2 heterocycles. The van der Waals surface area contributed by atoms with Crippen molar-refractivity contribution in [2.75, 3.05) is 40.0 Å². The van der Waals surface area contributed by atoms with E-state index in [2.05, 4.69) is 15.2 Å². The molecule has 0 aliphatic carbocycles. The Morgan fingerprint density at radius 3 is 2.50 bits per heavy atom. The maximum Gasteiger partial charge on any atom is 0.416 e. The van der Waals surface area contributed by atoms with Gasteiger partial charge in [-0.1, -0.05) is 12.1 Å². The van der Waals surface area contributed by atoms with Gasteiger partial charge in [0.2, 0.25) is 0 Å². The summed E-state index contributed by atoms with van der Waals surface area (Å²) in [5.41, 5.74) is 1.76. The standard InChI is InChI=1S/C25H26F3N3O3/c1-16-21(13-18-5-8-20(33-2)14-22(18)30-16)24(32)29-15-23(31-9-11-34-12-10-31)17-3-6-19(7-4-17)25(26,27)28/h3-8,13-14,23H,9-12,15H2,1-2H3,(H,29,32). The average molecular weight is 473 g/mol. The molecule has 1 unspecified atom stereocenters. The Morgan fingerprint density at radius 1 is 1.15 bits per heavy atom. The SMILES string of the molecule is COc1ccc2cc(C(=O)NCC(c3ccc(C(F)(F)F)cc3)N3CCOCC3)c(C)nc2c1. The fraction of sp³-hybridized carbons (Fsp3) is 0.360. The number of nitrogens with zero attached hydrogens (tertiary/aromatic N) is 2. The van der Waals surface area contributed by atoms with E-state index in [0.29, 0.717) is 48.9 Å². The molecule has 180 valence electrons. The van der Waals surface area contributed by atoms with Crippen molar-refractivity contribution in [3.63, 3.8) is 0 Å². The molecule has 0 spiro atoms. The highest BCUT2D eigenvalue weighted by molar-refractivity contribution is 5.98. The van der Waals surface area contributed by atoms with Gasteiger partial charge >= 0.3 is 6.18 Å².